The van der Waals surface area contributed by atoms with Crippen LogP contribution in [0.1, 0.15) is 56.4 Å². The molecule has 0 aromatic heterocycles. The van der Waals surface area contributed by atoms with Gasteiger partial charge in [0.2, 0.25) is 0 Å². The van der Waals surface area contributed by atoms with E-state index in [2.05, 4.69) is 6.07 Å². The maximum absolute atomic E-state index is 12.3. The summed E-state index contributed by atoms with van der Waals surface area (Å²) in [5, 5.41) is 22.5. The van der Waals surface area contributed by atoms with Crippen molar-refractivity contribution in [1.29, 1.82) is 5.26 Å². The number of nitriles is 1. The Kier molecular flexibility index (Phi) is 7.82. The number of benzene rings is 3. The van der Waals surface area contributed by atoms with Crippen LogP contribution in [-0.4, -0.2) is 40.9 Å². The Bertz CT molecular complexity index is 1340. The number of halogens is 1. The Labute approximate surface area is 222 Å². The third kappa shape index (κ3) is 6.65. The molecule has 3 aromatic rings. The number of carbonyl (C=O) groups excluding carboxylic acids is 1. The smallest absolute Gasteiger partial charge is 0.410 e. The van der Waals surface area contributed by atoms with Crippen LogP contribution in [0.4, 0.5) is 10.5 Å². The van der Waals surface area contributed by atoms with Crippen LogP contribution in [0.5, 0.6) is 5.75 Å². The molecule has 1 heterocycles. The minimum Gasteiger partial charge on any atom is -0.489 e. The molecule has 7 nitrogen and oxygen atoms in total. The molecule has 0 saturated carbocycles. The summed E-state index contributed by atoms with van der Waals surface area (Å²) >= 11 is 6.44. The minimum atomic E-state index is -0.802. The summed E-state index contributed by atoms with van der Waals surface area (Å²) < 4.78 is 11.7. The molecule has 37 heavy (non-hydrogen) atoms. The fourth-order valence-electron chi connectivity index (χ4n) is 4.41. The SMILES string of the molecule is CC(C)(C)OC(=O)N1CCC(Oc2cc(CC(O)c3ccc4ccc(C#N)cc4c3)c(N)cc2Cl)CC1. The third-order valence-electron chi connectivity index (χ3n) is 6.37. The van der Waals surface area contributed by atoms with E-state index in [1.54, 1.807) is 23.1 Å². The van der Waals surface area contributed by atoms with Crippen molar-refractivity contribution >= 4 is 34.2 Å². The van der Waals surface area contributed by atoms with Crippen molar-refractivity contribution in [2.75, 3.05) is 18.8 Å². The highest BCUT2D eigenvalue weighted by atomic mass is 35.5. The molecule has 1 amide bonds. The van der Waals surface area contributed by atoms with Crippen LogP contribution >= 0.6 is 11.6 Å². The van der Waals surface area contributed by atoms with Gasteiger partial charge in [0.15, 0.2) is 0 Å². The number of nitrogens with two attached hydrogens (primary N) is 1. The second-order valence-corrected chi connectivity index (χ2v) is 10.8. The number of fused-ring (bicyclic) bond motifs is 1. The van der Waals surface area contributed by atoms with E-state index in [-0.39, 0.29) is 18.6 Å². The first-order valence-corrected chi connectivity index (χ1v) is 12.7. The highest BCUT2D eigenvalue weighted by molar-refractivity contribution is 6.32. The number of hydrogen-bond donors (Lipinski definition) is 2. The quantitative estimate of drug-likeness (QED) is 0.398. The average molecular weight is 522 g/mol. The third-order valence-corrected chi connectivity index (χ3v) is 6.67. The highest BCUT2D eigenvalue weighted by Crippen LogP contribution is 2.34. The van der Waals surface area contributed by atoms with Crippen LogP contribution < -0.4 is 10.5 Å². The zero-order valence-electron chi connectivity index (χ0n) is 21.3. The molecule has 1 fully saturated rings. The molecule has 0 aliphatic carbocycles. The van der Waals surface area contributed by atoms with E-state index in [9.17, 15) is 15.2 Å². The van der Waals surface area contributed by atoms with Gasteiger partial charge in [-0.05, 0) is 73.0 Å². The number of hydrogen-bond acceptors (Lipinski definition) is 6. The minimum absolute atomic E-state index is 0.104. The zero-order chi connectivity index (χ0) is 26.7. The molecule has 194 valence electrons. The van der Waals surface area contributed by atoms with Crippen LogP contribution in [0.3, 0.4) is 0 Å². The van der Waals surface area contributed by atoms with Gasteiger partial charge in [0, 0.05) is 38.0 Å². The summed E-state index contributed by atoms with van der Waals surface area (Å²) in [4.78, 5) is 14.0. The number of nitrogen functional groups attached to an aromatic ring is 1. The lowest BCUT2D eigenvalue weighted by atomic mass is 9.97. The van der Waals surface area contributed by atoms with E-state index in [0.717, 1.165) is 21.9 Å². The Balaban J connectivity index is 1.43. The lowest BCUT2D eigenvalue weighted by Gasteiger charge is -2.33. The molecular weight excluding hydrogens is 490 g/mol. The Morgan fingerprint density at radius 1 is 1.16 bits per heavy atom. The normalized spacial score (nSPS) is 15.3. The average Bonchev–Trinajstić information content (AvgIpc) is 2.85. The van der Waals surface area contributed by atoms with Crippen molar-refractivity contribution in [3.05, 3.63) is 70.2 Å². The predicted molar refractivity (Wildman–Crippen MR) is 145 cm³/mol. The van der Waals surface area contributed by atoms with Gasteiger partial charge >= 0.3 is 6.09 Å². The van der Waals surface area contributed by atoms with Crippen molar-refractivity contribution in [2.45, 2.75) is 57.8 Å². The number of anilines is 1. The Morgan fingerprint density at radius 2 is 1.86 bits per heavy atom. The molecule has 3 aromatic carbocycles. The summed E-state index contributed by atoms with van der Waals surface area (Å²) in [6, 6.07) is 16.8. The van der Waals surface area contributed by atoms with Gasteiger partial charge in [-0.2, -0.15) is 5.26 Å². The molecule has 1 atom stereocenters. The fourth-order valence-corrected chi connectivity index (χ4v) is 4.63. The lowest BCUT2D eigenvalue weighted by Crippen LogP contribution is -2.44. The summed E-state index contributed by atoms with van der Waals surface area (Å²) in [7, 11) is 0. The molecule has 3 N–H and O–H groups in total. The van der Waals surface area contributed by atoms with E-state index >= 15 is 0 Å². The lowest BCUT2D eigenvalue weighted by molar-refractivity contribution is 0.0126. The molecule has 0 radical (unpaired) electrons. The zero-order valence-corrected chi connectivity index (χ0v) is 22.1. The molecule has 1 aliphatic heterocycles. The van der Waals surface area contributed by atoms with Gasteiger partial charge < -0.3 is 25.2 Å². The van der Waals surface area contributed by atoms with Crippen molar-refractivity contribution in [3.8, 4) is 11.8 Å². The molecule has 1 unspecified atom stereocenters. The molecular formula is C29H32ClN3O4. The van der Waals surface area contributed by atoms with Gasteiger partial charge in [-0.3, -0.25) is 0 Å². The Hall–Kier alpha value is -3.47. The van der Waals surface area contributed by atoms with Gasteiger partial charge in [-0.25, -0.2) is 4.79 Å². The highest BCUT2D eigenvalue weighted by Gasteiger charge is 2.28. The first kappa shape index (κ1) is 26.6. The van der Waals surface area contributed by atoms with Gasteiger partial charge in [0.05, 0.1) is 22.8 Å². The number of likely N-dealkylation sites (tertiary alicyclic amines) is 1. The van der Waals surface area contributed by atoms with E-state index in [1.807, 2.05) is 51.1 Å². The number of nitrogens with zero attached hydrogens (tertiary/aromatic N) is 2. The molecule has 1 aliphatic rings. The number of ether oxygens (including phenoxy) is 2. The fraction of sp³-hybridized carbons (Fsp3) is 0.379. The van der Waals surface area contributed by atoms with Gasteiger partial charge in [-0.1, -0.05) is 29.8 Å². The summed E-state index contributed by atoms with van der Waals surface area (Å²) in [5.74, 6) is 0.506. The van der Waals surface area contributed by atoms with Crippen molar-refractivity contribution in [1.82, 2.24) is 4.90 Å². The summed E-state index contributed by atoms with van der Waals surface area (Å²) in [6.07, 6.45) is 0.362. The number of rotatable bonds is 5. The predicted octanol–water partition coefficient (Wildman–Crippen LogP) is 6.00. The molecule has 0 bridgehead atoms. The largest absolute Gasteiger partial charge is 0.489 e. The summed E-state index contributed by atoms with van der Waals surface area (Å²) in [5.41, 5.74) is 8.20. The van der Waals surface area contributed by atoms with E-state index in [0.29, 0.717) is 48.0 Å². The topological polar surface area (TPSA) is 109 Å². The molecule has 4 rings (SSSR count). The van der Waals surface area contributed by atoms with Crippen LogP contribution in [0.2, 0.25) is 5.02 Å². The molecule has 8 heteroatoms. The molecule has 0 spiro atoms. The number of piperidine rings is 1. The van der Waals surface area contributed by atoms with Crippen LogP contribution in [0.25, 0.3) is 10.8 Å². The van der Waals surface area contributed by atoms with Crippen molar-refractivity contribution in [3.63, 3.8) is 0 Å². The van der Waals surface area contributed by atoms with Gasteiger partial charge in [0.25, 0.3) is 0 Å². The standard InChI is InChI=1S/C29H32ClN3O4/c1-29(2,3)37-28(35)33-10-8-23(9-11-33)36-27-15-22(25(32)16-24(27)30)14-26(34)20-7-6-19-5-4-18(17-31)12-21(19)13-20/h4-7,12-13,15-16,23,26,34H,8-11,14,32H2,1-3H3. The van der Waals surface area contributed by atoms with E-state index in [1.165, 1.54) is 0 Å². The number of aliphatic hydroxyl groups is 1. The van der Waals surface area contributed by atoms with Crippen molar-refractivity contribution in [2.24, 2.45) is 0 Å². The van der Waals surface area contributed by atoms with E-state index in [4.69, 9.17) is 26.8 Å². The number of carbonyl (C=O) groups is 1. The van der Waals surface area contributed by atoms with E-state index < -0.39 is 11.7 Å². The van der Waals surface area contributed by atoms with Gasteiger partial charge in [0.1, 0.15) is 17.5 Å². The second kappa shape index (κ2) is 10.9. The van der Waals surface area contributed by atoms with Gasteiger partial charge in [-0.15, -0.1) is 0 Å². The Morgan fingerprint density at radius 3 is 2.54 bits per heavy atom. The second-order valence-electron chi connectivity index (χ2n) is 10.4. The maximum atomic E-state index is 12.3. The number of amides is 1. The van der Waals surface area contributed by atoms with Crippen LogP contribution in [0, 0.1) is 11.3 Å². The number of aliphatic hydroxyl groups excluding tert-OH is 1. The molecule has 1 saturated heterocycles. The first-order chi connectivity index (χ1) is 17.5. The van der Waals surface area contributed by atoms with Crippen LogP contribution in [-0.2, 0) is 11.2 Å². The monoisotopic (exact) mass is 521 g/mol. The first-order valence-electron chi connectivity index (χ1n) is 12.4. The van der Waals surface area contributed by atoms with Crippen molar-refractivity contribution < 1.29 is 19.4 Å². The summed E-state index contributed by atoms with van der Waals surface area (Å²) in [6.45, 7) is 6.62. The van der Waals surface area contributed by atoms with Crippen LogP contribution in [0.15, 0.2) is 48.5 Å². The maximum Gasteiger partial charge on any atom is 0.410 e.